The van der Waals surface area contributed by atoms with Crippen molar-refractivity contribution in [3.8, 4) is 5.88 Å². The number of hydrogen-bond acceptors (Lipinski definition) is 7. The number of thioether (sulfide) groups is 1. The van der Waals surface area contributed by atoms with Crippen LogP contribution in [0.15, 0.2) is 11.0 Å². The molecule has 0 atom stereocenters. The van der Waals surface area contributed by atoms with Crippen LogP contribution in [0.4, 0.5) is 5.95 Å². The number of piperidine rings is 1. The maximum absolute atomic E-state index is 5.76. The molecule has 3 N–H and O–H groups in total. The molecule has 1 aromatic rings. The minimum Gasteiger partial charge on any atom is -0.481 e. The third-order valence-electron chi connectivity index (χ3n) is 4.12. The van der Waals surface area contributed by atoms with E-state index >= 15 is 0 Å². The second kappa shape index (κ2) is 7.30. The highest BCUT2D eigenvalue weighted by Gasteiger charge is 2.21. The van der Waals surface area contributed by atoms with Gasteiger partial charge in [-0.3, -0.25) is 0 Å². The van der Waals surface area contributed by atoms with Crippen molar-refractivity contribution in [1.29, 1.82) is 0 Å². The van der Waals surface area contributed by atoms with Crippen LogP contribution in [0.2, 0.25) is 0 Å². The fraction of sp³-hybridized carbons (Fsp3) is 0.600. The second-order valence-corrected chi connectivity index (χ2v) is 6.73. The van der Waals surface area contributed by atoms with Gasteiger partial charge in [0, 0.05) is 36.5 Å². The van der Waals surface area contributed by atoms with Gasteiger partial charge < -0.3 is 20.7 Å². The first-order valence-corrected chi connectivity index (χ1v) is 8.69. The van der Waals surface area contributed by atoms with Crippen LogP contribution in [0.1, 0.15) is 18.5 Å². The molecule has 3 heterocycles. The molecule has 0 saturated carbocycles. The summed E-state index contributed by atoms with van der Waals surface area (Å²) in [5, 5.41) is 3.31. The van der Waals surface area contributed by atoms with Gasteiger partial charge in [-0.05, 0) is 31.4 Å². The Bertz CT molecular complexity index is 535. The Labute approximate surface area is 135 Å². The first kappa shape index (κ1) is 15.6. The van der Waals surface area contributed by atoms with Crippen molar-refractivity contribution in [2.75, 3.05) is 44.1 Å². The van der Waals surface area contributed by atoms with Gasteiger partial charge in [0.1, 0.15) is 0 Å². The molecular weight excluding hydrogens is 298 g/mol. The quantitative estimate of drug-likeness (QED) is 0.865. The third kappa shape index (κ3) is 3.71. The van der Waals surface area contributed by atoms with Gasteiger partial charge in [-0.25, -0.2) is 4.98 Å². The summed E-state index contributed by atoms with van der Waals surface area (Å²) in [5.41, 5.74) is 6.67. The van der Waals surface area contributed by atoms with Gasteiger partial charge >= 0.3 is 0 Å². The molecule has 0 bridgehead atoms. The van der Waals surface area contributed by atoms with Crippen molar-refractivity contribution in [1.82, 2.24) is 15.3 Å². The van der Waals surface area contributed by atoms with Crippen LogP contribution in [-0.4, -0.2) is 49.1 Å². The minimum atomic E-state index is 0.619. The summed E-state index contributed by atoms with van der Waals surface area (Å²) >= 11 is 1.82. The normalized spacial score (nSPS) is 21.5. The van der Waals surface area contributed by atoms with E-state index in [0.29, 0.717) is 11.8 Å². The van der Waals surface area contributed by atoms with Crippen LogP contribution in [0.3, 0.4) is 0 Å². The fourth-order valence-corrected chi connectivity index (χ4v) is 3.54. The first-order chi connectivity index (χ1) is 10.8. The maximum atomic E-state index is 5.76. The molecule has 1 aromatic heterocycles. The van der Waals surface area contributed by atoms with Gasteiger partial charge in [-0.1, -0.05) is 0 Å². The van der Waals surface area contributed by atoms with Crippen molar-refractivity contribution in [2.24, 2.45) is 11.7 Å². The molecule has 0 aliphatic carbocycles. The lowest BCUT2D eigenvalue weighted by atomic mass is 9.97. The zero-order valence-electron chi connectivity index (χ0n) is 12.9. The van der Waals surface area contributed by atoms with E-state index in [9.17, 15) is 0 Å². The molecule has 2 aliphatic rings. The van der Waals surface area contributed by atoms with E-state index in [-0.39, 0.29) is 0 Å². The Balaban J connectivity index is 1.80. The zero-order chi connectivity index (χ0) is 15.4. The molecular formula is C15H23N5OS. The van der Waals surface area contributed by atoms with Crippen molar-refractivity contribution in [3.05, 3.63) is 16.7 Å². The highest BCUT2D eigenvalue weighted by Crippen LogP contribution is 2.25. The van der Waals surface area contributed by atoms with E-state index < -0.39 is 0 Å². The molecule has 2 fully saturated rings. The first-order valence-electron chi connectivity index (χ1n) is 7.70. The summed E-state index contributed by atoms with van der Waals surface area (Å²) < 4.78 is 5.34. The van der Waals surface area contributed by atoms with Gasteiger partial charge in [0.2, 0.25) is 11.8 Å². The van der Waals surface area contributed by atoms with Gasteiger partial charge in [0.05, 0.1) is 12.8 Å². The molecule has 0 amide bonds. The van der Waals surface area contributed by atoms with E-state index in [1.54, 1.807) is 7.11 Å². The summed E-state index contributed by atoms with van der Waals surface area (Å²) in [5.74, 6) is 2.98. The Morgan fingerprint density at radius 1 is 1.45 bits per heavy atom. The monoisotopic (exact) mass is 321 g/mol. The molecule has 6 nitrogen and oxygen atoms in total. The lowest BCUT2D eigenvalue weighted by Gasteiger charge is -2.31. The molecule has 3 rings (SSSR count). The van der Waals surface area contributed by atoms with Crippen molar-refractivity contribution < 1.29 is 4.74 Å². The van der Waals surface area contributed by atoms with Gasteiger partial charge in [0.15, 0.2) is 0 Å². The van der Waals surface area contributed by atoms with Gasteiger partial charge in [-0.15, -0.1) is 11.8 Å². The van der Waals surface area contributed by atoms with Crippen LogP contribution in [0.5, 0.6) is 5.88 Å². The van der Waals surface area contributed by atoms with Gasteiger partial charge in [-0.2, -0.15) is 4.98 Å². The highest BCUT2D eigenvalue weighted by molar-refractivity contribution is 8.03. The van der Waals surface area contributed by atoms with E-state index in [4.69, 9.17) is 15.5 Å². The summed E-state index contributed by atoms with van der Waals surface area (Å²) in [4.78, 5) is 12.7. The molecule has 7 heteroatoms. The van der Waals surface area contributed by atoms with E-state index in [1.165, 1.54) is 4.91 Å². The number of nitrogens with two attached hydrogens (primary N) is 1. The Morgan fingerprint density at radius 3 is 2.91 bits per heavy atom. The minimum absolute atomic E-state index is 0.619. The van der Waals surface area contributed by atoms with Crippen molar-refractivity contribution in [3.63, 3.8) is 0 Å². The SMILES string of the molecule is COc1cc(/C=C2/CNCS2)nc(N2CCC(CN)CC2)n1. The highest BCUT2D eigenvalue weighted by atomic mass is 32.2. The lowest BCUT2D eigenvalue weighted by molar-refractivity contribution is 0.390. The third-order valence-corrected chi connectivity index (χ3v) is 5.10. The predicted molar refractivity (Wildman–Crippen MR) is 91.0 cm³/mol. The number of anilines is 1. The van der Waals surface area contributed by atoms with E-state index in [1.807, 2.05) is 17.8 Å². The van der Waals surface area contributed by atoms with E-state index in [2.05, 4.69) is 21.3 Å². The summed E-state index contributed by atoms with van der Waals surface area (Å²) in [6, 6.07) is 1.89. The summed E-state index contributed by atoms with van der Waals surface area (Å²) in [6.45, 7) is 3.60. The number of aromatic nitrogens is 2. The summed E-state index contributed by atoms with van der Waals surface area (Å²) in [6.07, 6.45) is 4.32. The van der Waals surface area contributed by atoms with Crippen LogP contribution in [-0.2, 0) is 0 Å². The number of ether oxygens (including phenoxy) is 1. The van der Waals surface area contributed by atoms with Crippen LogP contribution < -0.4 is 20.7 Å². The number of rotatable bonds is 4. The molecule has 0 unspecified atom stereocenters. The Hall–Kier alpha value is -1.31. The molecule has 0 radical (unpaired) electrons. The Morgan fingerprint density at radius 2 is 2.27 bits per heavy atom. The topological polar surface area (TPSA) is 76.3 Å². The fourth-order valence-electron chi connectivity index (χ4n) is 2.75. The average Bonchev–Trinajstić information content (AvgIpc) is 3.07. The second-order valence-electron chi connectivity index (χ2n) is 5.63. The lowest BCUT2D eigenvalue weighted by Crippen LogP contribution is -2.37. The van der Waals surface area contributed by atoms with E-state index in [0.717, 1.165) is 56.5 Å². The average molecular weight is 321 g/mol. The number of nitrogens with zero attached hydrogens (tertiary/aromatic N) is 3. The maximum Gasteiger partial charge on any atom is 0.229 e. The largest absolute Gasteiger partial charge is 0.481 e. The number of hydrogen-bond donors (Lipinski definition) is 2. The molecule has 120 valence electrons. The standard InChI is InChI=1S/C15H23N5OS/c1-21-14-7-12(6-13-9-17-10-22-13)18-15(19-14)20-4-2-11(8-16)3-5-20/h6-7,11,17H,2-5,8-10,16H2,1H3/b13-6-. The molecule has 2 aliphatic heterocycles. The molecule has 22 heavy (non-hydrogen) atoms. The van der Waals surface area contributed by atoms with Crippen molar-refractivity contribution >= 4 is 23.8 Å². The van der Waals surface area contributed by atoms with Crippen LogP contribution >= 0.6 is 11.8 Å². The smallest absolute Gasteiger partial charge is 0.229 e. The molecule has 2 saturated heterocycles. The van der Waals surface area contributed by atoms with Crippen LogP contribution in [0.25, 0.3) is 6.08 Å². The predicted octanol–water partition coefficient (Wildman–Crippen LogP) is 1.30. The number of nitrogens with one attached hydrogen (secondary N) is 1. The number of methoxy groups -OCH3 is 1. The van der Waals surface area contributed by atoms with Gasteiger partial charge in [0.25, 0.3) is 0 Å². The molecule has 0 spiro atoms. The summed E-state index contributed by atoms with van der Waals surface area (Å²) in [7, 11) is 1.65. The molecule has 0 aromatic carbocycles. The van der Waals surface area contributed by atoms with Crippen molar-refractivity contribution in [2.45, 2.75) is 12.8 Å². The van der Waals surface area contributed by atoms with Crippen LogP contribution in [0, 0.1) is 5.92 Å². The zero-order valence-corrected chi connectivity index (χ0v) is 13.7. The Kier molecular flexibility index (Phi) is 5.17.